The first-order valence-corrected chi connectivity index (χ1v) is 10.6. The average molecular weight is 367 g/mol. The smallest absolute Gasteiger partial charge is 0.310 e. The number of rotatable bonds is 13. The molecule has 1 aliphatic carbocycles. The van der Waals surface area contributed by atoms with Crippen molar-refractivity contribution < 1.29 is 19.4 Å². The van der Waals surface area contributed by atoms with Crippen molar-refractivity contribution >= 4 is 11.9 Å². The molecular formula is C22H38O4. The van der Waals surface area contributed by atoms with Crippen LogP contribution in [0.4, 0.5) is 0 Å². The Hall–Kier alpha value is -1.32. The second-order valence-corrected chi connectivity index (χ2v) is 7.98. The van der Waals surface area contributed by atoms with Crippen LogP contribution in [0.1, 0.15) is 91.4 Å². The van der Waals surface area contributed by atoms with Gasteiger partial charge in [-0.05, 0) is 31.6 Å². The average Bonchev–Trinajstić information content (AvgIpc) is 2.62. The highest BCUT2D eigenvalue weighted by Crippen LogP contribution is 2.28. The molecule has 0 fully saturated rings. The molecule has 4 heteroatoms. The summed E-state index contributed by atoms with van der Waals surface area (Å²) in [5.41, 5.74) is 0. The molecule has 3 unspecified atom stereocenters. The van der Waals surface area contributed by atoms with Crippen molar-refractivity contribution in [1.82, 2.24) is 0 Å². The van der Waals surface area contributed by atoms with E-state index in [4.69, 9.17) is 4.74 Å². The van der Waals surface area contributed by atoms with E-state index in [1.54, 1.807) is 0 Å². The molecule has 0 bridgehead atoms. The Kier molecular flexibility index (Phi) is 11.3. The lowest BCUT2D eigenvalue weighted by Gasteiger charge is -2.28. The number of ether oxygens (including phenoxy) is 1. The van der Waals surface area contributed by atoms with Crippen LogP contribution in [-0.4, -0.2) is 23.1 Å². The predicted molar refractivity (Wildman–Crippen MR) is 105 cm³/mol. The highest BCUT2D eigenvalue weighted by molar-refractivity contribution is 5.81. The number of carboxylic acid groups (broad SMARTS) is 1. The second kappa shape index (κ2) is 12.9. The van der Waals surface area contributed by atoms with E-state index in [2.05, 4.69) is 20.8 Å². The number of allylic oxidation sites excluding steroid dienone is 2. The van der Waals surface area contributed by atoms with Crippen LogP contribution in [0, 0.1) is 17.8 Å². The van der Waals surface area contributed by atoms with Crippen LogP contribution in [0.3, 0.4) is 0 Å². The molecule has 0 radical (unpaired) electrons. The Balaban J connectivity index is 2.36. The van der Waals surface area contributed by atoms with Crippen molar-refractivity contribution in [2.75, 3.05) is 0 Å². The molecule has 4 nitrogen and oxygen atoms in total. The molecule has 0 saturated heterocycles. The van der Waals surface area contributed by atoms with Gasteiger partial charge in [-0.3, -0.25) is 9.59 Å². The van der Waals surface area contributed by atoms with Crippen LogP contribution in [0.25, 0.3) is 0 Å². The van der Waals surface area contributed by atoms with Gasteiger partial charge in [0.1, 0.15) is 6.10 Å². The minimum atomic E-state index is -0.902. The molecule has 0 spiro atoms. The van der Waals surface area contributed by atoms with Gasteiger partial charge in [-0.1, -0.05) is 77.9 Å². The number of unbranched alkanes of at least 4 members (excludes halogenated alkanes) is 7. The molecule has 1 N–H and O–H groups in total. The lowest BCUT2D eigenvalue weighted by atomic mass is 9.83. The van der Waals surface area contributed by atoms with E-state index >= 15 is 0 Å². The van der Waals surface area contributed by atoms with Crippen molar-refractivity contribution in [2.45, 2.75) is 97.5 Å². The van der Waals surface area contributed by atoms with Gasteiger partial charge in [0.15, 0.2) is 0 Å². The Labute approximate surface area is 159 Å². The van der Waals surface area contributed by atoms with Gasteiger partial charge < -0.3 is 9.84 Å². The monoisotopic (exact) mass is 366 g/mol. The van der Waals surface area contributed by atoms with E-state index in [-0.39, 0.29) is 18.0 Å². The molecule has 1 aliphatic rings. The van der Waals surface area contributed by atoms with Crippen LogP contribution < -0.4 is 0 Å². The lowest BCUT2D eigenvalue weighted by Crippen LogP contribution is -2.35. The maximum Gasteiger partial charge on any atom is 0.310 e. The minimum Gasteiger partial charge on any atom is -0.481 e. The van der Waals surface area contributed by atoms with Gasteiger partial charge in [0.05, 0.1) is 11.8 Å². The maximum absolute atomic E-state index is 12.5. The number of esters is 1. The number of hydrogen-bond acceptors (Lipinski definition) is 3. The topological polar surface area (TPSA) is 63.6 Å². The fraction of sp³-hybridized carbons (Fsp3) is 0.818. The molecular weight excluding hydrogens is 328 g/mol. The molecule has 0 saturated carbocycles. The number of aliphatic carboxylic acids is 1. The summed E-state index contributed by atoms with van der Waals surface area (Å²) in [6.07, 6.45) is 15.5. The molecule has 150 valence electrons. The van der Waals surface area contributed by atoms with Crippen molar-refractivity contribution in [3.05, 3.63) is 12.2 Å². The zero-order valence-electron chi connectivity index (χ0n) is 16.9. The quantitative estimate of drug-likeness (QED) is 0.256. The first-order chi connectivity index (χ1) is 12.5. The first kappa shape index (κ1) is 22.7. The zero-order valence-corrected chi connectivity index (χ0v) is 16.9. The fourth-order valence-corrected chi connectivity index (χ4v) is 3.59. The number of carbonyl (C=O) groups excluding carboxylic acids is 1. The fourth-order valence-electron chi connectivity index (χ4n) is 3.59. The van der Waals surface area contributed by atoms with E-state index in [1.165, 1.54) is 44.9 Å². The van der Waals surface area contributed by atoms with Gasteiger partial charge in [0, 0.05) is 0 Å². The Morgan fingerprint density at radius 3 is 2.04 bits per heavy atom. The van der Waals surface area contributed by atoms with E-state index in [1.807, 2.05) is 12.2 Å². The summed E-state index contributed by atoms with van der Waals surface area (Å²) in [6.45, 7) is 6.37. The van der Waals surface area contributed by atoms with Crippen LogP contribution in [-0.2, 0) is 14.3 Å². The maximum atomic E-state index is 12.5. The third-order valence-corrected chi connectivity index (χ3v) is 5.41. The highest BCUT2D eigenvalue weighted by Gasteiger charge is 2.36. The third kappa shape index (κ3) is 8.37. The Morgan fingerprint density at radius 2 is 1.50 bits per heavy atom. The number of hydrogen-bond donors (Lipinski definition) is 1. The Morgan fingerprint density at radius 1 is 0.962 bits per heavy atom. The van der Waals surface area contributed by atoms with E-state index in [0.717, 1.165) is 12.8 Å². The summed E-state index contributed by atoms with van der Waals surface area (Å²) in [7, 11) is 0. The predicted octanol–water partition coefficient (Wildman–Crippen LogP) is 5.75. The van der Waals surface area contributed by atoms with Crippen LogP contribution in [0.2, 0.25) is 0 Å². The normalized spacial score (nSPS) is 20.9. The van der Waals surface area contributed by atoms with Crippen LogP contribution in [0.15, 0.2) is 12.2 Å². The summed E-state index contributed by atoms with van der Waals surface area (Å²) in [5, 5.41) is 9.34. The summed E-state index contributed by atoms with van der Waals surface area (Å²) in [5.74, 6) is -2.17. The molecule has 0 heterocycles. The minimum absolute atomic E-state index is 0.108. The third-order valence-electron chi connectivity index (χ3n) is 5.41. The van der Waals surface area contributed by atoms with Crippen LogP contribution >= 0.6 is 0 Å². The summed E-state index contributed by atoms with van der Waals surface area (Å²) >= 11 is 0. The molecule has 3 atom stereocenters. The van der Waals surface area contributed by atoms with Crippen molar-refractivity contribution in [2.24, 2.45) is 17.8 Å². The van der Waals surface area contributed by atoms with Gasteiger partial charge in [-0.15, -0.1) is 0 Å². The standard InChI is InChI=1S/C22H38O4/c1-4-5-6-7-8-9-10-11-16-20(17(2)3)26-22(25)19-15-13-12-14-18(19)21(23)24/h12-13,17-20H,4-11,14-16H2,1-3H3,(H,23,24). The Bertz CT molecular complexity index is 441. The SMILES string of the molecule is CCCCCCCCCCC(OC(=O)C1CC=CCC1C(=O)O)C(C)C. The molecule has 0 aromatic carbocycles. The molecule has 0 aliphatic heterocycles. The first-order valence-electron chi connectivity index (χ1n) is 10.6. The van der Waals surface area contributed by atoms with Gasteiger partial charge in [-0.25, -0.2) is 0 Å². The summed E-state index contributed by atoms with van der Waals surface area (Å²) < 4.78 is 5.76. The van der Waals surface area contributed by atoms with Crippen molar-refractivity contribution in [3.63, 3.8) is 0 Å². The molecule has 0 aromatic heterocycles. The van der Waals surface area contributed by atoms with Gasteiger partial charge in [0.2, 0.25) is 0 Å². The van der Waals surface area contributed by atoms with E-state index in [9.17, 15) is 14.7 Å². The molecule has 0 aromatic rings. The molecule has 1 rings (SSSR count). The summed E-state index contributed by atoms with van der Waals surface area (Å²) in [6, 6.07) is 0. The lowest BCUT2D eigenvalue weighted by molar-refractivity contribution is -0.164. The highest BCUT2D eigenvalue weighted by atomic mass is 16.5. The largest absolute Gasteiger partial charge is 0.481 e. The number of carboxylic acids is 1. The second-order valence-electron chi connectivity index (χ2n) is 7.98. The molecule has 26 heavy (non-hydrogen) atoms. The molecule has 0 amide bonds. The van der Waals surface area contributed by atoms with Gasteiger partial charge in [-0.2, -0.15) is 0 Å². The van der Waals surface area contributed by atoms with Crippen molar-refractivity contribution in [3.8, 4) is 0 Å². The van der Waals surface area contributed by atoms with Gasteiger partial charge in [0.25, 0.3) is 0 Å². The summed E-state index contributed by atoms with van der Waals surface area (Å²) in [4.78, 5) is 23.9. The number of carbonyl (C=O) groups is 2. The van der Waals surface area contributed by atoms with Crippen molar-refractivity contribution in [1.29, 1.82) is 0 Å². The van der Waals surface area contributed by atoms with Crippen LogP contribution in [0.5, 0.6) is 0 Å². The van der Waals surface area contributed by atoms with E-state index in [0.29, 0.717) is 12.8 Å². The van der Waals surface area contributed by atoms with E-state index < -0.39 is 17.8 Å². The van der Waals surface area contributed by atoms with Gasteiger partial charge >= 0.3 is 11.9 Å². The zero-order chi connectivity index (χ0) is 19.4.